The molecule has 0 aliphatic carbocycles. The highest BCUT2D eigenvalue weighted by atomic mass is 32.1. The van der Waals surface area contributed by atoms with Crippen molar-refractivity contribution in [2.24, 2.45) is 5.73 Å². The number of nitrogens with two attached hydrogens (primary N) is 1. The Kier molecular flexibility index (Phi) is 3.90. The standard InChI is InChI=1S/C14H11F3N4OS/c1-7-19-12-11(20-10(6-18)21-13(12)23-7)8-2-4-9(5-3-8)22-14(15,16)17/h2-5H,6,18H2,1H3. The number of fused-ring (bicyclic) bond motifs is 1. The molecule has 0 spiro atoms. The van der Waals surface area contributed by atoms with E-state index >= 15 is 0 Å². The number of nitrogens with zero attached hydrogens (tertiary/aromatic N) is 3. The van der Waals surface area contributed by atoms with Gasteiger partial charge in [-0.1, -0.05) is 11.3 Å². The fourth-order valence-corrected chi connectivity index (χ4v) is 2.88. The second kappa shape index (κ2) is 5.74. The lowest BCUT2D eigenvalue weighted by Crippen LogP contribution is -2.16. The van der Waals surface area contributed by atoms with Gasteiger partial charge in [-0.15, -0.1) is 13.2 Å². The third kappa shape index (κ3) is 3.40. The average Bonchev–Trinajstić information content (AvgIpc) is 2.85. The predicted molar refractivity (Wildman–Crippen MR) is 80.0 cm³/mol. The van der Waals surface area contributed by atoms with E-state index in [2.05, 4.69) is 19.7 Å². The summed E-state index contributed by atoms with van der Waals surface area (Å²) in [7, 11) is 0. The molecule has 0 radical (unpaired) electrons. The number of hydrogen-bond acceptors (Lipinski definition) is 6. The fourth-order valence-electron chi connectivity index (χ4n) is 2.08. The minimum Gasteiger partial charge on any atom is -0.406 e. The maximum Gasteiger partial charge on any atom is 0.573 e. The number of thiazole rings is 1. The highest BCUT2D eigenvalue weighted by molar-refractivity contribution is 7.18. The molecule has 3 rings (SSSR count). The Morgan fingerprint density at radius 3 is 2.43 bits per heavy atom. The lowest BCUT2D eigenvalue weighted by molar-refractivity contribution is -0.274. The minimum absolute atomic E-state index is 0.162. The van der Waals surface area contributed by atoms with Crippen LogP contribution in [0.4, 0.5) is 13.2 Å². The van der Waals surface area contributed by atoms with Crippen LogP contribution in [-0.2, 0) is 6.54 Å². The van der Waals surface area contributed by atoms with Gasteiger partial charge in [-0.25, -0.2) is 15.0 Å². The molecule has 0 saturated heterocycles. The average molecular weight is 340 g/mol. The highest BCUT2D eigenvalue weighted by Gasteiger charge is 2.31. The van der Waals surface area contributed by atoms with E-state index in [1.807, 2.05) is 6.92 Å². The van der Waals surface area contributed by atoms with E-state index < -0.39 is 6.36 Å². The molecule has 2 N–H and O–H groups in total. The van der Waals surface area contributed by atoms with Gasteiger partial charge in [0.1, 0.15) is 27.6 Å². The Balaban J connectivity index is 2.05. The third-order valence-electron chi connectivity index (χ3n) is 2.96. The summed E-state index contributed by atoms with van der Waals surface area (Å²) in [6.45, 7) is 2.01. The SMILES string of the molecule is Cc1nc2c(-c3ccc(OC(F)(F)F)cc3)nc(CN)nc2s1. The van der Waals surface area contributed by atoms with Gasteiger partial charge in [0.25, 0.3) is 0 Å². The lowest BCUT2D eigenvalue weighted by Gasteiger charge is -2.09. The van der Waals surface area contributed by atoms with E-state index in [1.165, 1.54) is 35.6 Å². The molecule has 0 amide bonds. The first-order chi connectivity index (χ1) is 10.9. The first kappa shape index (κ1) is 15.6. The second-order valence-electron chi connectivity index (χ2n) is 4.65. The Labute approximate surface area is 133 Å². The van der Waals surface area contributed by atoms with Gasteiger partial charge >= 0.3 is 6.36 Å². The quantitative estimate of drug-likeness (QED) is 0.791. The number of rotatable bonds is 3. The summed E-state index contributed by atoms with van der Waals surface area (Å²) < 4.78 is 40.5. The van der Waals surface area contributed by atoms with Crippen LogP contribution in [0.2, 0.25) is 0 Å². The molecule has 23 heavy (non-hydrogen) atoms. The summed E-state index contributed by atoms with van der Waals surface area (Å²) >= 11 is 1.41. The molecule has 3 aromatic rings. The van der Waals surface area contributed by atoms with Crippen molar-refractivity contribution in [1.82, 2.24) is 15.0 Å². The molecule has 2 aromatic heterocycles. The molecule has 0 saturated carbocycles. The van der Waals surface area contributed by atoms with Crippen molar-refractivity contribution in [3.05, 3.63) is 35.1 Å². The van der Waals surface area contributed by atoms with Crippen molar-refractivity contribution < 1.29 is 17.9 Å². The van der Waals surface area contributed by atoms with Crippen LogP contribution in [0.5, 0.6) is 5.75 Å². The topological polar surface area (TPSA) is 73.9 Å². The van der Waals surface area contributed by atoms with Crippen LogP contribution in [0.25, 0.3) is 21.6 Å². The number of benzene rings is 1. The van der Waals surface area contributed by atoms with E-state index in [0.717, 1.165) is 5.01 Å². The van der Waals surface area contributed by atoms with Crippen LogP contribution in [0.1, 0.15) is 10.8 Å². The first-order valence-corrected chi connectivity index (χ1v) is 7.37. The molecule has 2 heterocycles. The third-order valence-corrected chi connectivity index (χ3v) is 3.82. The number of ether oxygens (including phenoxy) is 1. The Morgan fingerprint density at radius 2 is 1.83 bits per heavy atom. The number of hydrogen-bond donors (Lipinski definition) is 1. The maximum atomic E-state index is 12.2. The van der Waals surface area contributed by atoms with E-state index in [-0.39, 0.29) is 12.3 Å². The Morgan fingerprint density at radius 1 is 1.13 bits per heavy atom. The van der Waals surface area contributed by atoms with Crippen LogP contribution in [-0.4, -0.2) is 21.3 Å². The van der Waals surface area contributed by atoms with Gasteiger partial charge in [-0.3, -0.25) is 0 Å². The predicted octanol–water partition coefficient (Wildman–Crippen LogP) is 3.42. The molecule has 120 valence electrons. The van der Waals surface area contributed by atoms with Crippen molar-refractivity contribution in [3.8, 4) is 17.0 Å². The Hall–Kier alpha value is -2.26. The Bertz CT molecular complexity index is 846. The van der Waals surface area contributed by atoms with Crippen molar-refractivity contribution in [1.29, 1.82) is 0 Å². The molecule has 9 heteroatoms. The van der Waals surface area contributed by atoms with Gasteiger partial charge in [-0.2, -0.15) is 0 Å². The van der Waals surface area contributed by atoms with Crippen LogP contribution in [0, 0.1) is 6.92 Å². The smallest absolute Gasteiger partial charge is 0.406 e. The molecular weight excluding hydrogens is 329 g/mol. The van der Waals surface area contributed by atoms with Gasteiger partial charge in [0.2, 0.25) is 0 Å². The van der Waals surface area contributed by atoms with Gasteiger partial charge < -0.3 is 10.5 Å². The molecular formula is C14H11F3N4OS. The summed E-state index contributed by atoms with van der Waals surface area (Å²) in [5.74, 6) is 0.159. The van der Waals surface area contributed by atoms with Crippen LogP contribution >= 0.6 is 11.3 Å². The zero-order chi connectivity index (χ0) is 16.6. The van der Waals surface area contributed by atoms with E-state index in [9.17, 15) is 13.2 Å². The van der Waals surface area contributed by atoms with E-state index in [1.54, 1.807) is 0 Å². The number of aryl methyl sites for hydroxylation is 1. The van der Waals surface area contributed by atoms with Crippen LogP contribution in [0.3, 0.4) is 0 Å². The molecule has 1 aromatic carbocycles. The van der Waals surface area contributed by atoms with Gasteiger partial charge in [-0.05, 0) is 31.2 Å². The molecule has 0 aliphatic rings. The van der Waals surface area contributed by atoms with Crippen molar-refractivity contribution in [2.75, 3.05) is 0 Å². The summed E-state index contributed by atoms with van der Waals surface area (Å²) in [4.78, 5) is 13.8. The summed E-state index contributed by atoms with van der Waals surface area (Å²) in [5, 5.41) is 0.821. The normalized spacial score (nSPS) is 11.9. The van der Waals surface area contributed by atoms with E-state index in [4.69, 9.17) is 5.73 Å². The van der Waals surface area contributed by atoms with Crippen LogP contribution in [0.15, 0.2) is 24.3 Å². The van der Waals surface area contributed by atoms with Gasteiger partial charge in [0.15, 0.2) is 0 Å². The fraction of sp³-hybridized carbons (Fsp3) is 0.214. The summed E-state index contributed by atoms with van der Waals surface area (Å²) in [6, 6.07) is 5.46. The number of aromatic nitrogens is 3. The van der Waals surface area contributed by atoms with Gasteiger partial charge in [0, 0.05) is 5.56 Å². The second-order valence-corrected chi connectivity index (χ2v) is 5.83. The van der Waals surface area contributed by atoms with Crippen molar-refractivity contribution >= 4 is 21.7 Å². The number of alkyl halides is 3. The minimum atomic E-state index is -4.72. The molecule has 0 unspecified atom stereocenters. The molecule has 0 atom stereocenters. The maximum absolute atomic E-state index is 12.2. The molecule has 0 fully saturated rings. The van der Waals surface area contributed by atoms with Crippen molar-refractivity contribution in [2.45, 2.75) is 19.8 Å². The number of halogens is 3. The van der Waals surface area contributed by atoms with Crippen molar-refractivity contribution in [3.63, 3.8) is 0 Å². The monoisotopic (exact) mass is 340 g/mol. The largest absolute Gasteiger partial charge is 0.573 e. The summed E-state index contributed by atoms with van der Waals surface area (Å²) in [6.07, 6.45) is -4.72. The molecule has 0 bridgehead atoms. The lowest BCUT2D eigenvalue weighted by atomic mass is 10.1. The first-order valence-electron chi connectivity index (χ1n) is 6.56. The van der Waals surface area contributed by atoms with E-state index in [0.29, 0.717) is 27.4 Å². The van der Waals surface area contributed by atoms with Gasteiger partial charge in [0.05, 0.1) is 11.6 Å². The van der Waals surface area contributed by atoms with Crippen LogP contribution < -0.4 is 10.5 Å². The zero-order valence-electron chi connectivity index (χ0n) is 11.9. The highest BCUT2D eigenvalue weighted by Crippen LogP contribution is 2.31. The molecule has 0 aliphatic heterocycles. The molecule has 5 nitrogen and oxygen atoms in total. The zero-order valence-corrected chi connectivity index (χ0v) is 12.7. The summed E-state index contributed by atoms with van der Waals surface area (Å²) in [5.41, 5.74) is 7.37.